The van der Waals surface area contributed by atoms with Crippen LogP contribution in [0.25, 0.3) is 0 Å². The molecule has 0 bridgehead atoms. The molecule has 3 heteroatoms. The van der Waals surface area contributed by atoms with Crippen molar-refractivity contribution in [3.63, 3.8) is 0 Å². The van der Waals surface area contributed by atoms with Crippen LogP contribution >= 0.6 is 0 Å². The summed E-state index contributed by atoms with van der Waals surface area (Å²) in [6.45, 7) is 3.47. The van der Waals surface area contributed by atoms with Gasteiger partial charge in [0.1, 0.15) is 5.75 Å². The highest BCUT2D eigenvalue weighted by Gasteiger charge is 2.23. The van der Waals surface area contributed by atoms with E-state index in [0.717, 1.165) is 12.4 Å². The zero-order valence-corrected chi connectivity index (χ0v) is 10.6. The molecule has 17 heavy (non-hydrogen) atoms. The van der Waals surface area contributed by atoms with Crippen molar-refractivity contribution in [1.82, 2.24) is 5.32 Å². The highest BCUT2D eigenvalue weighted by molar-refractivity contribution is 5.29. The normalized spacial score (nSPS) is 16.8. The quantitative estimate of drug-likeness (QED) is 0.787. The SMILES string of the molecule is CCOCC(NC)c1ccc(OC2CC2)cc1. The van der Waals surface area contributed by atoms with Gasteiger partial charge in [0, 0.05) is 6.61 Å². The number of nitrogens with one attached hydrogen (secondary N) is 1. The lowest BCUT2D eigenvalue weighted by atomic mass is 10.1. The van der Waals surface area contributed by atoms with Crippen molar-refractivity contribution < 1.29 is 9.47 Å². The number of hydrogen-bond donors (Lipinski definition) is 1. The van der Waals surface area contributed by atoms with Gasteiger partial charge in [0.2, 0.25) is 0 Å². The van der Waals surface area contributed by atoms with Crippen LogP contribution in [0.1, 0.15) is 31.4 Å². The third kappa shape index (κ3) is 3.72. The number of ether oxygens (including phenoxy) is 2. The Balaban J connectivity index is 1.93. The van der Waals surface area contributed by atoms with Gasteiger partial charge in [-0.1, -0.05) is 12.1 Å². The second kappa shape index (κ2) is 6.03. The molecule has 1 saturated carbocycles. The maximum absolute atomic E-state index is 5.72. The number of benzene rings is 1. The standard InChI is InChI=1S/C14H21NO2/c1-3-16-10-14(15-2)11-4-6-12(7-5-11)17-13-8-9-13/h4-7,13-15H,3,8-10H2,1-2H3. The average Bonchev–Trinajstić information content (AvgIpc) is 3.16. The van der Waals surface area contributed by atoms with Gasteiger partial charge in [-0.25, -0.2) is 0 Å². The van der Waals surface area contributed by atoms with Gasteiger partial charge in [-0.05, 0) is 44.5 Å². The highest BCUT2D eigenvalue weighted by atomic mass is 16.5. The van der Waals surface area contributed by atoms with Gasteiger partial charge in [-0.2, -0.15) is 0 Å². The first-order chi connectivity index (χ1) is 8.33. The van der Waals surface area contributed by atoms with Crippen molar-refractivity contribution in [2.24, 2.45) is 0 Å². The summed E-state index contributed by atoms with van der Waals surface area (Å²) in [6, 6.07) is 8.56. The average molecular weight is 235 g/mol. The summed E-state index contributed by atoms with van der Waals surface area (Å²) >= 11 is 0. The minimum absolute atomic E-state index is 0.255. The van der Waals surface area contributed by atoms with Gasteiger partial charge in [-0.3, -0.25) is 0 Å². The predicted molar refractivity (Wildman–Crippen MR) is 68.4 cm³/mol. The molecule has 0 spiro atoms. The van der Waals surface area contributed by atoms with E-state index >= 15 is 0 Å². The molecule has 1 aromatic carbocycles. The molecule has 1 aromatic rings. The van der Waals surface area contributed by atoms with Crippen molar-refractivity contribution in [3.8, 4) is 5.75 Å². The van der Waals surface area contributed by atoms with Crippen molar-refractivity contribution in [2.75, 3.05) is 20.3 Å². The van der Waals surface area contributed by atoms with Crippen LogP contribution in [0.5, 0.6) is 5.75 Å². The maximum Gasteiger partial charge on any atom is 0.119 e. The minimum atomic E-state index is 0.255. The molecule has 0 aliphatic heterocycles. The first-order valence-corrected chi connectivity index (χ1v) is 6.35. The van der Waals surface area contributed by atoms with E-state index in [1.165, 1.54) is 18.4 Å². The molecule has 1 atom stereocenters. The van der Waals surface area contributed by atoms with E-state index in [2.05, 4.69) is 17.4 Å². The molecule has 1 aliphatic carbocycles. The van der Waals surface area contributed by atoms with Crippen LogP contribution in [0.3, 0.4) is 0 Å². The number of likely N-dealkylation sites (N-methyl/N-ethyl adjacent to an activating group) is 1. The van der Waals surface area contributed by atoms with Crippen LogP contribution in [0, 0.1) is 0 Å². The zero-order valence-electron chi connectivity index (χ0n) is 10.6. The Morgan fingerprint density at radius 1 is 1.29 bits per heavy atom. The zero-order chi connectivity index (χ0) is 12.1. The third-order valence-electron chi connectivity index (χ3n) is 2.95. The molecule has 3 nitrogen and oxygen atoms in total. The fraction of sp³-hybridized carbons (Fsp3) is 0.571. The molecule has 2 rings (SSSR count). The number of hydrogen-bond acceptors (Lipinski definition) is 3. The molecule has 94 valence electrons. The predicted octanol–water partition coefficient (Wildman–Crippen LogP) is 2.52. The van der Waals surface area contributed by atoms with Crippen molar-refractivity contribution >= 4 is 0 Å². The lowest BCUT2D eigenvalue weighted by Crippen LogP contribution is -2.21. The smallest absolute Gasteiger partial charge is 0.119 e. The second-order valence-electron chi connectivity index (χ2n) is 4.39. The Hall–Kier alpha value is -1.06. The summed E-state index contributed by atoms with van der Waals surface area (Å²) in [4.78, 5) is 0. The highest BCUT2D eigenvalue weighted by Crippen LogP contribution is 2.27. The van der Waals surface area contributed by atoms with Crippen LogP contribution in [0.2, 0.25) is 0 Å². The van der Waals surface area contributed by atoms with Crippen molar-refractivity contribution in [1.29, 1.82) is 0 Å². The summed E-state index contributed by atoms with van der Waals surface area (Å²) in [5, 5.41) is 3.26. The van der Waals surface area contributed by atoms with E-state index < -0.39 is 0 Å². The van der Waals surface area contributed by atoms with Gasteiger partial charge < -0.3 is 14.8 Å². The van der Waals surface area contributed by atoms with Crippen molar-refractivity contribution in [2.45, 2.75) is 31.9 Å². The molecule has 0 amide bonds. The van der Waals surface area contributed by atoms with Crippen molar-refractivity contribution in [3.05, 3.63) is 29.8 Å². The third-order valence-corrected chi connectivity index (χ3v) is 2.95. The van der Waals surface area contributed by atoms with E-state index in [1.54, 1.807) is 0 Å². The van der Waals surface area contributed by atoms with Gasteiger partial charge in [0.05, 0.1) is 18.8 Å². The monoisotopic (exact) mass is 235 g/mol. The van der Waals surface area contributed by atoms with Crippen LogP contribution in [-0.2, 0) is 4.74 Å². The van der Waals surface area contributed by atoms with Crippen LogP contribution in [0.15, 0.2) is 24.3 Å². The Bertz CT molecular complexity index is 333. The van der Waals surface area contributed by atoms with Gasteiger partial charge in [-0.15, -0.1) is 0 Å². The maximum atomic E-state index is 5.72. The Kier molecular flexibility index (Phi) is 4.40. The summed E-state index contributed by atoms with van der Waals surface area (Å²) in [6.07, 6.45) is 2.86. The van der Waals surface area contributed by atoms with E-state index in [-0.39, 0.29) is 6.04 Å². The van der Waals surface area contributed by atoms with E-state index in [4.69, 9.17) is 9.47 Å². The second-order valence-corrected chi connectivity index (χ2v) is 4.39. The van der Waals surface area contributed by atoms with E-state index in [0.29, 0.717) is 12.7 Å². The lowest BCUT2D eigenvalue weighted by molar-refractivity contribution is 0.125. The van der Waals surface area contributed by atoms with Crippen LogP contribution < -0.4 is 10.1 Å². The molecular formula is C14H21NO2. The molecule has 1 fully saturated rings. The summed E-state index contributed by atoms with van der Waals surface area (Å²) < 4.78 is 11.2. The Morgan fingerprint density at radius 3 is 2.53 bits per heavy atom. The van der Waals surface area contributed by atoms with E-state index in [9.17, 15) is 0 Å². The molecule has 0 heterocycles. The molecule has 1 aliphatic rings. The fourth-order valence-corrected chi connectivity index (χ4v) is 1.74. The number of rotatable bonds is 7. The van der Waals surface area contributed by atoms with Gasteiger partial charge >= 0.3 is 0 Å². The van der Waals surface area contributed by atoms with Crippen LogP contribution in [-0.4, -0.2) is 26.4 Å². The largest absolute Gasteiger partial charge is 0.490 e. The fourth-order valence-electron chi connectivity index (χ4n) is 1.74. The molecule has 1 unspecified atom stereocenters. The molecule has 0 saturated heterocycles. The first-order valence-electron chi connectivity index (χ1n) is 6.35. The summed E-state index contributed by atoms with van der Waals surface area (Å²) in [5.41, 5.74) is 1.24. The van der Waals surface area contributed by atoms with Crippen LogP contribution in [0.4, 0.5) is 0 Å². The molecule has 1 N–H and O–H groups in total. The summed E-state index contributed by atoms with van der Waals surface area (Å²) in [5.74, 6) is 0.975. The lowest BCUT2D eigenvalue weighted by Gasteiger charge is -2.16. The Labute approximate surface area is 103 Å². The van der Waals surface area contributed by atoms with Gasteiger partial charge in [0.15, 0.2) is 0 Å². The molecule has 0 aromatic heterocycles. The first kappa shape index (κ1) is 12.4. The Morgan fingerprint density at radius 2 is 2.00 bits per heavy atom. The molecular weight excluding hydrogens is 214 g/mol. The van der Waals surface area contributed by atoms with E-state index in [1.807, 2.05) is 26.1 Å². The minimum Gasteiger partial charge on any atom is -0.490 e. The van der Waals surface area contributed by atoms with Gasteiger partial charge in [0.25, 0.3) is 0 Å². The topological polar surface area (TPSA) is 30.5 Å². The summed E-state index contributed by atoms with van der Waals surface area (Å²) in [7, 11) is 1.96. The molecule has 0 radical (unpaired) electrons.